The maximum absolute atomic E-state index is 6.55. The van der Waals surface area contributed by atoms with Gasteiger partial charge in [-0.1, -0.05) is 64.6 Å². The van der Waals surface area contributed by atoms with Crippen molar-refractivity contribution in [3.8, 4) is 5.75 Å². The molecule has 152 valence electrons. The van der Waals surface area contributed by atoms with Crippen molar-refractivity contribution >= 4 is 64.0 Å². The van der Waals surface area contributed by atoms with E-state index in [9.17, 15) is 0 Å². The molecular weight excluding hydrogens is 468 g/mol. The van der Waals surface area contributed by atoms with Crippen LogP contribution in [0.3, 0.4) is 0 Å². The number of nitrogens with zero attached hydrogens (tertiary/aromatic N) is 1. The molecule has 0 saturated carbocycles. The zero-order valence-corrected chi connectivity index (χ0v) is 19.9. The summed E-state index contributed by atoms with van der Waals surface area (Å²) in [5.41, 5.74) is 3.21. The maximum Gasteiger partial charge on any atom is 0.164 e. The van der Waals surface area contributed by atoms with Crippen molar-refractivity contribution in [1.29, 1.82) is 0 Å². The van der Waals surface area contributed by atoms with E-state index in [-0.39, 0.29) is 0 Å². The molecule has 1 aliphatic rings. The molecule has 0 amide bonds. The molecule has 3 rings (SSSR count). The van der Waals surface area contributed by atoms with Gasteiger partial charge in [-0.25, -0.2) is 0 Å². The molecule has 2 nitrogen and oxygen atoms in total. The lowest BCUT2D eigenvalue weighted by atomic mass is 10.2. The fraction of sp³-hybridized carbons (Fsp3) is 0.182. The molecule has 0 saturated heterocycles. The van der Waals surface area contributed by atoms with E-state index in [0.717, 1.165) is 21.7 Å². The quantitative estimate of drug-likeness (QED) is 0.392. The number of allylic oxidation sites excluding steroid dienone is 5. The van der Waals surface area contributed by atoms with Crippen LogP contribution in [0.2, 0.25) is 10.0 Å². The van der Waals surface area contributed by atoms with Crippen molar-refractivity contribution in [2.75, 3.05) is 11.4 Å². The van der Waals surface area contributed by atoms with Crippen LogP contribution < -0.4 is 9.04 Å². The van der Waals surface area contributed by atoms with Crippen molar-refractivity contribution in [1.82, 2.24) is 0 Å². The van der Waals surface area contributed by atoms with E-state index in [4.69, 9.17) is 51.1 Å². The molecule has 0 aromatic heterocycles. The normalized spacial score (nSPS) is 14.3. The van der Waals surface area contributed by atoms with E-state index in [1.807, 2.05) is 63.4 Å². The Kier molecular flexibility index (Phi) is 7.53. The van der Waals surface area contributed by atoms with Gasteiger partial charge in [-0.05, 0) is 67.3 Å². The van der Waals surface area contributed by atoms with Crippen molar-refractivity contribution in [2.45, 2.75) is 20.3 Å². The zero-order valence-electron chi connectivity index (χ0n) is 16.1. The van der Waals surface area contributed by atoms with Crippen LogP contribution >= 0.6 is 58.4 Å². The highest BCUT2D eigenvalue weighted by atomic mass is 35.5. The fourth-order valence-corrected chi connectivity index (χ4v) is 4.79. The van der Waals surface area contributed by atoms with Crippen molar-refractivity contribution in [3.63, 3.8) is 0 Å². The second-order valence-electron chi connectivity index (χ2n) is 6.60. The van der Waals surface area contributed by atoms with E-state index in [2.05, 4.69) is 4.31 Å². The van der Waals surface area contributed by atoms with Crippen molar-refractivity contribution in [2.24, 2.45) is 0 Å². The Bertz CT molecular complexity index is 1030. The minimum Gasteiger partial charge on any atom is -0.453 e. The highest BCUT2D eigenvalue weighted by Gasteiger charge is 2.18. The van der Waals surface area contributed by atoms with E-state index in [0.29, 0.717) is 38.0 Å². The number of halogens is 4. The standard InChI is InChI=1S/C22H19Cl4NOS/c1-13-4-9-21(18(25)10-13)28-22-17(24)8-7-16(12-19(22)26)29-27(3)20-11-15(23)6-5-14(20)2/h4-6,8-12H,7H2,1-3H3. The smallest absolute Gasteiger partial charge is 0.164 e. The number of hydrogen-bond donors (Lipinski definition) is 0. The van der Waals surface area contributed by atoms with E-state index >= 15 is 0 Å². The molecule has 2 aromatic rings. The van der Waals surface area contributed by atoms with Gasteiger partial charge in [-0.15, -0.1) is 0 Å². The SMILES string of the molecule is Cc1ccc(OC2=C(Cl)C=C(SN(C)c3cc(Cl)ccc3C)CC=C2Cl)c(Cl)c1. The Morgan fingerprint density at radius 3 is 2.48 bits per heavy atom. The van der Waals surface area contributed by atoms with Crippen LogP contribution in [0.1, 0.15) is 17.5 Å². The van der Waals surface area contributed by atoms with Gasteiger partial charge in [0.05, 0.1) is 20.8 Å². The summed E-state index contributed by atoms with van der Waals surface area (Å²) >= 11 is 27.0. The average Bonchev–Trinajstić information content (AvgIpc) is 2.78. The Balaban J connectivity index is 1.85. The van der Waals surface area contributed by atoms with Crippen molar-refractivity contribution in [3.05, 3.63) is 90.5 Å². The average molecular weight is 487 g/mol. The number of aryl methyl sites for hydroxylation is 2. The molecule has 0 bridgehead atoms. The first-order valence-corrected chi connectivity index (χ1v) is 11.1. The van der Waals surface area contributed by atoms with Gasteiger partial charge < -0.3 is 9.04 Å². The second kappa shape index (κ2) is 9.72. The van der Waals surface area contributed by atoms with Gasteiger partial charge in [0.2, 0.25) is 0 Å². The topological polar surface area (TPSA) is 12.5 Å². The molecule has 7 heteroatoms. The van der Waals surface area contributed by atoms with Crippen LogP contribution in [0, 0.1) is 13.8 Å². The maximum atomic E-state index is 6.55. The largest absolute Gasteiger partial charge is 0.453 e. The molecular formula is C22H19Cl4NOS. The summed E-state index contributed by atoms with van der Waals surface area (Å²) in [6.07, 6.45) is 4.37. The van der Waals surface area contributed by atoms with Crippen LogP contribution in [0.15, 0.2) is 69.3 Å². The van der Waals surface area contributed by atoms with Gasteiger partial charge in [-0.2, -0.15) is 0 Å². The minimum atomic E-state index is 0.385. The third kappa shape index (κ3) is 5.68. The highest BCUT2D eigenvalue weighted by molar-refractivity contribution is 8.04. The number of rotatable bonds is 5. The third-order valence-electron chi connectivity index (χ3n) is 4.27. The van der Waals surface area contributed by atoms with Gasteiger partial charge >= 0.3 is 0 Å². The highest BCUT2D eigenvalue weighted by Crippen LogP contribution is 2.38. The Morgan fingerprint density at radius 1 is 1.00 bits per heavy atom. The fourth-order valence-electron chi connectivity index (χ4n) is 2.77. The number of ether oxygens (including phenoxy) is 1. The molecule has 1 aliphatic carbocycles. The Morgan fingerprint density at radius 2 is 1.76 bits per heavy atom. The lowest BCUT2D eigenvalue weighted by Crippen LogP contribution is -2.08. The van der Waals surface area contributed by atoms with Crippen molar-refractivity contribution < 1.29 is 4.74 Å². The summed E-state index contributed by atoms with van der Waals surface area (Å²) in [6.45, 7) is 4.01. The first-order chi connectivity index (χ1) is 13.7. The number of hydrogen-bond acceptors (Lipinski definition) is 3. The molecule has 0 aliphatic heterocycles. The zero-order chi connectivity index (χ0) is 21.1. The molecule has 0 heterocycles. The molecule has 29 heavy (non-hydrogen) atoms. The molecule has 0 fully saturated rings. The molecule has 0 spiro atoms. The predicted molar refractivity (Wildman–Crippen MR) is 129 cm³/mol. The first-order valence-electron chi connectivity index (χ1n) is 8.83. The van der Waals surface area contributed by atoms with Gasteiger partial charge in [-0.3, -0.25) is 0 Å². The summed E-state index contributed by atoms with van der Waals surface area (Å²) in [7, 11) is 1.99. The van der Waals surface area contributed by atoms with E-state index < -0.39 is 0 Å². The van der Waals surface area contributed by atoms with Gasteiger partial charge in [0.15, 0.2) is 5.76 Å². The van der Waals surface area contributed by atoms with Crippen LogP contribution in [-0.4, -0.2) is 7.05 Å². The second-order valence-corrected chi connectivity index (χ2v) is 9.51. The Hall–Kier alpha value is -1.23. The van der Waals surface area contributed by atoms with Crippen LogP contribution in [0.5, 0.6) is 5.75 Å². The summed E-state index contributed by atoms with van der Waals surface area (Å²) < 4.78 is 8.01. The lowest BCUT2D eigenvalue weighted by Gasteiger charge is -2.21. The minimum absolute atomic E-state index is 0.385. The number of anilines is 1. The van der Waals surface area contributed by atoms with Crippen LogP contribution in [0.4, 0.5) is 5.69 Å². The molecule has 0 unspecified atom stereocenters. The first kappa shape index (κ1) is 22.5. The van der Waals surface area contributed by atoms with E-state index in [1.165, 1.54) is 0 Å². The summed E-state index contributed by atoms with van der Waals surface area (Å²) in [4.78, 5) is 1.02. The summed E-state index contributed by atoms with van der Waals surface area (Å²) in [6, 6.07) is 11.4. The lowest BCUT2D eigenvalue weighted by molar-refractivity contribution is 0.440. The Labute approximate surface area is 195 Å². The van der Waals surface area contributed by atoms with Gasteiger partial charge in [0.25, 0.3) is 0 Å². The number of benzene rings is 2. The predicted octanol–water partition coefficient (Wildman–Crippen LogP) is 8.63. The molecule has 2 aromatic carbocycles. The monoisotopic (exact) mass is 485 g/mol. The van der Waals surface area contributed by atoms with Gasteiger partial charge in [0, 0.05) is 23.4 Å². The van der Waals surface area contributed by atoms with E-state index in [1.54, 1.807) is 18.0 Å². The van der Waals surface area contributed by atoms with Crippen LogP contribution in [-0.2, 0) is 0 Å². The van der Waals surface area contributed by atoms with Crippen LogP contribution in [0.25, 0.3) is 0 Å². The molecule has 0 radical (unpaired) electrons. The summed E-state index contributed by atoms with van der Waals surface area (Å²) in [5, 5.41) is 2.06. The van der Waals surface area contributed by atoms with Gasteiger partial charge in [0.1, 0.15) is 5.75 Å². The summed E-state index contributed by atoms with van der Waals surface area (Å²) in [5.74, 6) is 0.893. The third-order valence-corrected chi connectivity index (χ3v) is 6.39. The molecule has 0 atom stereocenters. The molecule has 0 N–H and O–H groups in total.